The lowest BCUT2D eigenvalue weighted by molar-refractivity contribution is -0.135. The van der Waals surface area contributed by atoms with Crippen LogP contribution in [0.5, 0.6) is 0 Å². The van der Waals surface area contributed by atoms with Gasteiger partial charge in [-0.25, -0.2) is 0 Å². The summed E-state index contributed by atoms with van der Waals surface area (Å²) in [5.41, 5.74) is 2.99. The summed E-state index contributed by atoms with van der Waals surface area (Å²) in [6.45, 7) is 4.41. The zero-order chi connectivity index (χ0) is 14.0. The van der Waals surface area contributed by atoms with E-state index < -0.39 is 0 Å². The largest absolute Gasteiger partial charge is 0.395 e. The molecular weight excluding hydrogens is 242 g/mol. The molecule has 0 radical (unpaired) electrons. The summed E-state index contributed by atoms with van der Waals surface area (Å²) in [7, 11) is 1.90. The first-order chi connectivity index (χ1) is 9.04. The maximum atomic E-state index is 12.4. The Hall–Kier alpha value is -1.36. The van der Waals surface area contributed by atoms with E-state index in [1.165, 1.54) is 6.42 Å². The molecule has 2 rings (SSSR count). The van der Waals surface area contributed by atoms with Crippen molar-refractivity contribution in [2.24, 2.45) is 7.05 Å². The van der Waals surface area contributed by atoms with E-state index in [1.807, 2.05) is 30.5 Å². The minimum atomic E-state index is 0.0350. The number of hydrogen-bond acceptors (Lipinski definition) is 3. The molecule has 1 aromatic rings. The highest BCUT2D eigenvalue weighted by molar-refractivity contribution is 5.79. The van der Waals surface area contributed by atoms with Gasteiger partial charge in [0.15, 0.2) is 0 Å². The smallest absolute Gasteiger partial charge is 0.227 e. The molecule has 1 heterocycles. The third-order valence-corrected chi connectivity index (χ3v) is 4.16. The van der Waals surface area contributed by atoms with Crippen LogP contribution < -0.4 is 0 Å². The van der Waals surface area contributed by atoms with Gasteiger partial charge in [0.2, 0.25) is 5.91 Å². The first-order valence-electron chi connectivity index (χ1n) is 6.94. The summed E-state index contributed by atoms with van der Waals surface area (Å²) in [5.74, 6) is 0.109. The maximum absolute atomic E-state index is 12.4. The third-order valence-electron chi connectivity index (χ3n) is 4.16. The molecular formula is C14H23N3O2. The van der Waals surface area contributed by atoms with Gasteiger partial charge in [-0.2, -0.15) is 5.10 Å². The molecule has 0 atom stereocenters. The lowest BCUT2D eigenvalue weighted by Crippen LogP contribution is -2.46. The number of aromatic nitrogens is 2. The van der Waals surface area contributed by atoms with Gasteiger partial charge in [0, 0.05) is 30.9 Å². The number of carbonyl (C=O) groups excluding carboxylic acids is 1. The van der Waals surface area contributed by atoms with Crippen LogP contribution >= 0.6 is 0 Å². The predicted octanol–water partition coefficient (Wildman–Crippen LogP) is 0.953. The summed E-state index contributed by atoms with van der Waals surface area (Å²) >= 11 is 0. The number of nitrogens with zero attached hydrogens (tertiary/aromatic N) is 3. The van der Waals surface area contributed by atoms with Crippen molar-refractivity contribution >= 4 is 5.91 Å². The lowest BCUT2D eigenvalue weighted by Gasteiger charge is -2.37. The quantitative estimate of drug-likeness (QED) is 0.862. The van der Waals surface area contributed by atoms with Crippen LogP contribution in [0.2, 0.25) is 0 Å². The van der Waals surface area contributed by atoms with Gasteiger partial charge in [-0.05, 0) is 33.1 Å². The molecule has 0 aromatic carbocycles. The van der Waals surface area contributed by atoms with E-state index in [9.17, 15) is 4.79 Å². The molecule has 0 aliphatic heterocycles. The molecule has 5 heteroatoms. The molecule has 1 saturated carbocycles. The molecule has 1 fully saturated rings. The monoisotopic (exact) mass is 265 g/mol. The average molecular weight is 265 g/mol. The minimum absolute atomic E-state index is 0.0350. The van der Waals surface area contributed by atoms with E-state index in [2.05, 4.69) is 5.10 Å². The average Bonchev–Trinajstić information content (AvgIpc) is 2.53. The number of amides is 1. The Kier molecular flexibility index (Phi) is 4.24. The molecule has 1 aliphatic carbocycles. The van der Waals surface area contributed by atoms with Crippen molar-refractivity contribution in [3.63, 3.8) is 0 Å². The summed E-state index contributed by atoms with van der Waals surface area (Å²) < 4.78 is 1.82. The van der Waals surface area contributed by atoms with Gasteiger partial charge >= 0.3 is 0 Å². The fourth-order valence-electron chi connectivity index (χ4n) is 2.64. The Bertz CT molecular complexity index is 464. The topological polar surface area (TPSA) is 58.4 Å². The van der Waals surface area contributed by atoms with Crippen molar-refractivity contribution in [3.05, 3.63) is 17.0 Å². The lowest BCUT2D eigenvalue weighted by atomic mass is 9.91. The van der Waals surface area contributed by atoms with Crippen molar-refractivity contribution in [2.45, 2.75) is 45.6 Å². The second kappa shape index (κ2) is 5.74. The van der Waals surface area contributed by atoms with Gasteiger partial charge in [-0.1, -0.05) is 0 Å². The zero-order valence-electron chi connectivity index (χ0n) is 12.0. The van der Waals surface area contributed by atoms with Crippen LogP contribution in [-0.2, 0) is 18.3 Å². The molecule has 0 saturated heterocycles. The first-order valence-corrected chi connectivity index (χ1v) is 6.94. The Morgan fingerprint density at radius 1 is 1.47 bits per heavy atom. The van der Waals surface area contributed by atoms with Crippen molar-refractivity contribution in [1.29, 1.82) is 0 Å². The van der Waals surface area contributed by atoms with Crippen LogP contribution in [0.15, 0.2) is 0 Å². The van der Waals surface area contributed by atoms with Gasteiger partial charge in [-0.3, -0.25) is 9.48 Å². The van der Waals surface area contributed by atoms with E-state index in [1.54, 1.807) is 0 Å². The van der Waals surface area contributed by atoms with Gasteiger partial charge in [-0.15, -0.1) is 0 Å². The van der Waals surface area contributed by atoms with Gasteiger partial charge in [0.1, 0.15) is 0 Å². The predicted molar refractivity (Wildman–Crippen MR) is 72.8 cm³/mol. The number of rotatable bonds is 5. The van der Waals surface area contributed by atoms with Crippen molar-refractivity contribution < 1.29 is 9.90 Å². The zero-order valence-corrected chi connectivity index (χ0v) is 12.0. The summed E-state index contributed by atoms with van der Waals surface area (Å²) in [6, 6.07) is 0.330. The van der Waals surface area contributed by atoms with Crippen LogP contribution in [-0.4, -0.2) is 44.9 Å². The molecule has 0 unspecified atom stereocenters. The van der Waals surface area contributed by atoms with Crippen molar-refractivity contribution in [2.75, 3.05) is 13.2 Å². The summed E-state index contributed by atoms with van der Waals surface area (Å²) in [5, 5.41) is 13.5. The first kappa shape index (κ1) is 14.1. The molecule has 1 N–H and O–H groups in total. The second-order valence-corrected chi connectivity index (χ2v) is 5.35. The Morgan fingerprint density at radius 3 is 2.58 bits per heavy atom. The normalized spacial score (nSPS) is 15.4. The highest BCUT2D eigenvalue weighted by Crippen LogP contribution is 2.25. The maximum Gasteiger partial charge on any atom is 0.227 e. The number of aliphatic hydroxyl groups is 1. The van der Waals surface area contributed by atoms with E-state index in [4.69, 9.17) is 5.11 Å². The molecule has 0 spiro atoms. The number of carbonyl (C=O) groups is 1. The van der Waals surface area contributed by atoms with Crippen molar-refractivity contribution in [1.82, 2.24) is 14.7 Å². The Labute approximate surface area is 114 Å². The van der Waals surface area contributed by atoms with Crippen molar-refractivity contribution in [3.8, 4) is 0 Å². The molecule has 1 aliphatic rings. The molecule has 5 nitrogen and oxygen atoms in total. The standard InChI is InChI=1S/C14H23N3O2/c1-10-13(11(2)16(3)15-10)9-14(19)17(7-8-18)12-5-4-6-12/h12,18H,4-9H2,1-3H3. The SMILES string of the molecule is Cc1nn(C)c(C)c1CC(=O)N(CCO)C1CCC1. The van der Waals surface area contributed by atoms with E-state index in [0.29, 0.717) is 19.0 Å². The third kappa shape index (κ3) is 2.81. The second-order valence-electron chi connectivity index (χ2n) is 5.35. The van der Waals surface area contributed by atoms with Gasteiger partial charge in [0.25, 0.3) is 0 Å². The van der Waals surface area contributed by atoms with E-state index in [0.717, 1.165) is 29.8 Å². The Morgan fingerprint density at radius 2 is 2.16 bits per heavy atom. The number of aryl methyl sites for hydroxylation is 2. The van der Waals surface area contributed by atoms with E-state index in [-0.39, 0.29) is 12.5 Å². The fourth-order valence-corrected chi connectivity index (χ4v) is 2.64. The van der Waals surface area contributed by atoms with Crippen LogP contribution in [0.4, 0.5) is 0 Å². The summed E-state index contributed by atoms with van der Waals surface area (Å²) in [6.07, 6.45) is 3.71. The van der Waals surface area contributed by atoms with E-state index >= 15 is 0 Å². The Balaban J connectivity index is 2.09. The van der Waals surface area contributed by atoms with Crippen LogP contribution in [0, 0.1) is 13.8 Å². The van der Waals surface area contributed by atoms with Crippen LogP contribution in [0.3, 0.4) is 0 Å². The summed E-state index contributed by atoms with van der Waals surface area (Å²) in [4.78, 5) is 14.3. The minimum Gasteiger partial charge on any atom is -0.395 e. The fraction of sp³-hybridized carbons (Fsp3) is 0.714. The molecule has 106 valence electrons. The highest BCUT2D eigenvalue weighted by Gasteiger charge is 2.29. The molecule has 19 heavy (non-hydrogen) atoms. The van der Waals surface area contributed by atoms with Crippen LogP contribution in [0.1, 0.15) is 36.2 Å². The van der Waals surface area contributed by atoms with Gasteiger partial charge < -0.3 is 10.0 Å². The number of aliphatic hydroxyl groups excluding tert-OH is 1. The molecule has 1 amide bonds. The van der Waals surface area contributed by atoms with Crippen LogP contribution in [0.25, 0.3) is 0 Å². The van der Waals surface area contributed by atoms with Gasteiger partial charge in [0.05, 0.1) is 18.7 Å². The molecule has 1 aromatic heterocycles. The highest BCUT2D eigenvalue weighted by atomic mass is 16.3. The number of hydrogen-bond donors (Lipinski definition) is 1. The molecule has 0 bridgehead atoms.